The molecule has 1 N–H and O–H groups in total. The highest BCUT2D eigenvalue weighted by Crippen LogP contribution is 1.88. The molecular formula is C5H13ClN2. The van der Waals surface area contributed by atoms with E-state index in [0.29, 0.717) is 0 Å². The lowest BCUT2D eigenvalue weighted by molar-refractivity contribution is 0.292. The molecule has 0 saturated heterocycles. The van der Waals surface area contributed by atoms with Crippen molar-refractivity contribution >= 4 is 11.6 Å². The second kappa shape index (κ2) is 4.13. The van der Waals surface area contributed by atoms with E-state index in [2.05, 4.69) is 5.43 Å². The predicted molar refractivity (Wildman–Crippen MR) is 37.0 cm³/mol. The summed E-state index contributed by atoms with van der Waals surface area (Å²) in [5, 5.41) is 2.09. The first-order valence-electron chi connectivity index (χ1n) is 2.68. The van der Waals surface area contributed by atoms with Gasteiger partial charge in [0, 0.05) is 26.0 Å². The van der Waals surface area contributed by atoms with E-state index in [4.69, 9.17) is 11.6 Å². The smallest absolute Gasteiger partial charge is 0.0446 e. The lowest BCUT2D eigenvalue weighted by Crippen LogP contribution is -2.34. The van der Waals surface area contributed by atoms with Crippen molar-refractivity contribution in [2.24, 2.45) is 0 Å². The fourth-order valence-corrected chi connectivity index (χ4v) is 0.377. The summed E-state index contributed by atoms with van der Waals surface area (Å²) in [4.78, 5) is 0. The molecule has 0 spiro atoms. The van der Waals surface area contributed by atoms with Gasteiger partial charge in [0.05, 0.1) is 0 Å². The number of hydrogen-bond donors (Lipinski definition) is 1. The third-order valence-corrected chi connectivity index (χ3v) is 0.843. The first-order chi connectivity index (χ1) is 3.63. The Morgan fingerprint density at radius 2 is 2.12 bits per heavy atom. The van der Waals surface area contributed by atoms with Crippen LogP contribution in [0.4, 0.5) is 0 Å². The van der Waals surface area contributed by atoms with Crippen LogP contribution in [0, 0.1) is 0 Å². The quantitative estimate of drug-likeness (QED) is 0.454. The van der Waals surface area contributed by atoms with Gasteiger partial charge in [0.2, 0.25) is 0 Å². The summed E-state index contributed by atoms with van der Waals surface area (Å²) in [5.74, 6) is 0. The number of halogens is 1. The van der Waals surface area contributed by atoms with Crippen molar-refractivity contribution in [3.8, 4) is 0 Å². The fraction of sp³-hybridized carbons (Fsp3) is 1.00. The van der Waals surface area contributed by atoms with Crippen LogP contribution in [-0.2, 0) is 0 Å². The van der Waals surface area contributed by atoms with Gasteiger partial charge >= 0.3 is 0 Å². The Morgan fingerprint density at radius 1 is 1.62 bits per heavy atom. The molecule has 0 aliphatic rings. The van der Waals surface area contributed by atoms with Gasteiger partial charge in [-0.3, -0.25) is 10.4 Å². The molecule has 0 saturated carbocycles. The molecule has 0 heterocycles. The van der Waals surface area contributed by atoms with Gasteiger partial charge in [-0.2, -0.15) is 0 Å². The molecule has 0 fully saturated rings. The maximum absolute atomic E-state index is 5.63. The van der Waals surface area contributed by atoms with Gasteiger partial charge < -0.3 is 0 Å². The maximum atomic E-state index is 5.63. The number of hydrogen-bond acceptors (Lipinski definition) is 2. The fourth-order valence-electron chi connectivity index (χ4n) is 0.308. The van der Waals surface area contributed by atoms with Crippen LogP contribution in [-0.4, -0.2) is 31.0 Å². The average Bonchev–Trinajstić information content (AvgIpc) is 1.61. The molecule has 0 bridgehead atoms. The topological polar surface area (TPSA) is 15.3 Å². The number of nitrogens with one attached hydrogen (secondary N) is 1. The van der Waals surface area contributed by atoms with E-state index in [1.54, 1.807) is 0 Å². The molecule has 0 radical (unpaired) electrons. The van der Waals surface area contributed by atoms with Gasteiger partial charge in [-0.05, 0) is 6.92 Å². The second-order valence-corrected chi connectivity index (χ2v) is 2.78. The van der Waals surface area contributed by atoms with Crippen LogP contribution in [0.25, 0.3) is 0 Å². The lowest BCUT2D eigenvalue weighted by Gasteiger charge is -2.11. The monoisotopic (exact) mass is 136 g/mol. The summed E-state index contributed by atoms with van der Waals surface area (Å²) in [6, 6.07) is 0. The summed E-state index contributed by atoms with van der Waals surface area (Å²) in [6.07, 6.45) is 0. The van der Waals surface area contributed by atoms with Crippen molar-refractivity contribution in [3.05, 3.63) is 0 Å². The Balaban J connectivity index is 2.93. The molecule has 0 aromatic carbocycles. The third-order valence-electron chi connectivity index (χ3n) is 0.689. The minimum absolute atomic E-state index is 0.206. The molecule has 50 valence electrons. The molecule has 1 unspecified atom stereocenters. The van der Waals surface area contributed by atoms with Crippen molar-refractivity contribution in [1.82, 2.24) is 10.4 Å². The van der Waals surface area contributed by atoms with E-state index in [0.717, 1.165) is 6.54 Å². The summed E-state index contributed by atoms with van der Waals surface area (Å²) in [7, 11) is 3.89. The van der Waals surface area contributed by atoms with E-state index in [1.165, 1.54) is 0 Å². The molecule has 0 rings (SSSR count). The number of alkyl halides is 1. The number of rotatable bonds is 3. The summed E-state index contributed by atoms with van der Waals surface area (Å²) < 4.78 is 0. The van der Waals surface area contributed by atoms with Gasteiger partial charge in [-0.15, -0.1) is 11.6 Å². The summed E-state index contributed by atoms with van der Waals surface area (Å²) in [5.41, 5.74) is 3.05. The molecule has 0 aromatic rings. The molecule has 0 aliphatic carbocycles. The van der Waals surface area contributed by atoms with Crippen LogP contribution in [0.1, 0.15) is 6.92 Å². The van der Waals surface area contributed by atoms with Crippen molar-refractivity contribution in [2.45, 2.75) is 12.3 Å². The van der Waals surface area contributed by atoms with Crippen LogP contribution in [0.3, 0.4) is 0 Å². The summed E-state index contributed by atoms with van der Waals surface area (Å²) >= 11 is 5.63. The zero-order valence-electron chi connectivity index (χ0n) is 5.61. The minimum Gasteiger partial charge on any atom is -0.254 e. The molecule has 0 amide bonds. The Bertz CT molecular complexity index is 46.4. The van der Waals surface area contributed by atoms with E-state index >= 15 is 0 Å². The molecule has 0 aliphatic heterocycles. The number of nitrogens with zero attached hydrogens (tertiary/aromatic N) is 1. The van der Waals surface area contributed by atoms with Crippen LogP contribution in [0.2, 0.25) is 0 Å². The highest BCUT2D eigenvalue weighted by atomic mass is 35.5. The predicted octanol–water partition coefficient (Wildman–Crippen LogP) is 0.680. The average molecular weight is 137 g/mol. The lowest BCUT2D eigenvalue weighted by atomic mass is 10.5. The zero-order chi connectivity index (χ0) is 6.57. The Morgan fingerprint density at radius 3 is 2.25 bits per heavy atom. The molecule has 1 atom stereocenters. The van der Waals surface area contributed by atoms with Crippen LogP contribution < -0.4 is 5.43 Å². The van der Waals surface area contributed by atoms with Crippen LogP contribution >= 0.6 is 11.6 Å². The van der Waals surface area contributed by atoms with Crippen LogP contribution in [0.15, 0.2) is 0 Å². The van der Waals surface area contributed by atoms with E-state index in [9.17, 15) is 0 Å². The van der Waals surface area contributed by atoms with Gasteiger partial charge in [0.25, 0.3) is 0 Å². The Labute approximate surface area is 55.8 Å². The van der Waals surface area contributed by atoms with E-state index in [1.807, 2.05) is 26.0 Å². The first-order valence-corrected chi connectivity index (χ1v) is 3.11. The van der Waals surface area contributed by atoms with Crippen molar-refractivity contribution in [1.29, 1.82) is 0 Å². The maximum Gasteiger partial charge on any atom is 0.0446 e. The van der Waals surface area contributed by atoms with Gasteiger partial charge in [0.1, 0.15) is 0 Å². The highest BCUT2D eigenvalue weighted by Gasteiger charge is 1.93. The molecule has 8 heavy (non-hydrogen) atoms. The normalized spacial score (nSPS) is 14.6. The van der Waals surface area contributed by atoms with Crippen molar-refractivity contribution < 1.29 is 0 Å². The van der Waals surface area contributed by atoms with Crippen LogP contribution in [0.5, 0.6) is 0 Å². The largest absolute Gasteiger partial charge is 0.254 e. The molecule has 3 heteroatoms. The van der Waals surface area contributed by atoms with Gasteiger partial charge in [0.15, 0.2) is 0 Å². The Kier molecular flexibility index (Phi) is 4.23. The summed E-state index contributed by atoms with van der Waals surface area (Å²) in [6.45, 7) is 2.78. The van der Waals surface area contributed by atoms with Gasteiger partial charge in [-0.25, -0.2) is 0 Å². The molecular weight excluding hydrogens is 124 g/mol. The van der Waals surface area contributed by atoms with Crippen molar-refractivity contribution in [2.75, 3.05) is 20.6 Å². The van der Waals surface area contributed by atoms with E-state index in [-0.39, 0.29) is 5.38 Å². The zero-order valence-corrected chi connectivity index (χ0v) is 6.37. The first kappa shape index (κ1) is 8.21. The standard InChI is InChI=1S/C5H13ClN2/c1-5(6)4-7-8(2)3/h5,7H,4H2,1-3H3. The van der Waals surface area contributed by atoms with Crippen molar-refractivity contribution in [3.63, 3.8) is 0 Å². The van der Waals surface area contributed by atoms with Gasteiger partial charge in [-0.1, -0.05) is 0 Å². The molecule has 0 aromatic heterocycles. The third kappa shape index (κ3) is 6.21. The number of hydrazine groups is 1. The highest BCUT2D eigenvalue weighted by molar-refractivity contribution is 6.20. The van der Waals surface area contributed by atoms with E-state index < -0.39 is 0 Å². The minimum atomic E-state index is 0.206. The Hall–Kier alpha value is 0.210. The molecule has 2 nitrogen and oxygen atoms in total. The SMILES string of the molecule is CC(Cl)CNN(C)C. The second-order valence-electron chi connectivity index (χ2n) is 2.04.